The van der Waals surface area contributed by atoms with E-state index in [-0.39, 0.29) is 44.7 Å². The van der Waals surface area contributed by atoms with Crippen molar-refractivity contribution in [3.63, 3.8) is 0 Å². The van der Waals surface area contributed by atoms with E-state index in [0.29, 0.717) is 25.8 Å². The number of aliphatic hydroxyl groups excluding tert-OH is 1. The Morgan fingerprint density at radius 3 is 2.04 bits per heavy atom. The van der Waals surface area contributed by atoms with Crippen LogP contribution in [0.2, 0.25) is 0 Å². The van der Waals surface area contributed by atoms with Gasteiger partial charge in [0.2, 0.25) is 35.4 Å². The van der Waals surface area contributed by atoms with Crippen molar-refractivity contribution in [2.45, 2.75) is 81.6 Å². The maximum absolute atomic E-state index is 13.3. The molecule has 1 aliphatic heterocycles. The number of carboxylic acid groups (broad SMARTS) is 2. The van der Waals surface area contributed by atoms with Crippen molar-refractivity contribution >= 4 is 53.3 Å². The third-order valence-corrected chi connectivity index (χ3v) is 7.43. The van der Waals surface area contributed by atoms with Crippen LogP contribution in [-0.2, 0) is 38.4 Å². The molecule has 0 radical (unpaired) electrons. The molecule has 0 unspecified atom stereocenters. The number of carboxylic acids is 2. The lowest BCUT2D eigenvalue weighted by Crippen LogP contribution is -2.59. The number of rotatable bonds is 23. The van der Waals surface area contributed by atoms with Gasteiger partial charge in [0.1, 0.15) is 30.2 Å². The predicted octanol–water partition coefficient (Wildman–Crippen LogP) is -6.27. The molecule has 0 saturated carbocycles. The van der Waals surface area contributed by atoms with Gasteiger partial charge in [-0.2, -0.15) is 0 Å². The second kappa shape index (κ2) is 22.5. The number of likely N-dealkylation sites (tertiary alicyclic amines) is 1. The van der Waals surface area contributed by atoms with Crippen LogP contribution in [0.3, 0.4) is 0 Å². The van der Waals surface area contributed by atoms with Gasteiger partial charge in [-0.3, -0.25) is 38.6 Å². The number of carbonyl (C=O) groups excluding carboxylic acids is 6. The molecule has 0 aliphatic carbocycles. The van der Waals surface area contributed by atoms with Crippen molar-refractivity contribution < 1.29 is 53.7 Å². The summed E-state index contributed by atoms with van der Waals surface area (Å²) in [4.78, 5) is 104. The van der Waals surface area contributed by atoms with Gasteiger partial charge in [0.25, 0.3) is 0 Å². The van der Waals surface area contributed by atoms with Gasteiger partial charge < -0.3 is 69.7 Å². The molecule has 0 bridgehead atoms. The Hall–Kier alpha value is -5.09. The van der Waals surface area contributed by atoms with Crippen LogP contribution in [-0.4, -0.2) is 143 Å². The van der Waals surface area contributed by atoms with Crippen molar-refractivity contribution in [1.29, 1.82) is 0 Å². The molecule has 5 atom stereocenters. The Bertz CT molecular complexity index is 1250. The molecule has 1 aliphatic rings. The lowest BCUT2D eigenvalue weighted by atomic mass is 10.1. The summed E-state index contributed by atoms with van der Waals surface area (Å²) in [5.41, 5.74) is 21.3. The van der Waals surface area contributed by atoms with E-state index >= 15 is 0 Å². The number of nitrogens with one attached hydrogen (secondary N) is 5. The molecule has 22 heteroatoms. The molecule has 1 saturated heterocycles. The first-order chi connectivity index (χ1) is 23.6. The van der Waals surface area contributed by atoms with E-state index in [1.165, 1.54) is 0 Å². The number of guanidine groups is 1. The molecule has 22 nitrogen and oxygen atoms in total. The van der Waals surface area contributed by atoms with E-state index in [1.54, 1.807) is 0 Å². The smallest absolute Gasteiger partial charge is 0.326 e. The van der Waals surface area contributed by atoms with Crippen molar-refractivity contribution in [2.75, 3.05) is 39.3 Å². The zero-order valence-electron chi connectivity index (χ0n) is 27.6. The van der Waals surface area contributed by atoms with Gasteiger partial charge in [-0.15, -0.1) is 0 Å². The quantitative estimate of drug-likeness (QED) is 0.0266. The maximum atomic E-state index is 13.3. The SMILES string of the molecule is NCCCC[C@@H](NC(=O)[C@@H]1CCCN1C(=O)[C@@H](CO)NC(=O)[C@@H](CC(=O)O)NC(=O)CNC(=O)[C@H](CCCN=C(N)N)NC(=O)CN)C(=O)O. The minimum absolute atomic E-state index is 0.0458. The Morgan fingerprint density at radius 1 is 0.800 bits per heavy atom. The third kappa shape index (κ3) is 15.4. The fraction of sp³-hybridized carbons (Fsp3) is 0.679. The van der Waals surface area contributed by atoms with E-state index in [1.807, 2.05) is 0 Å². The fourth-order valence-electron chi connectivity index (χ4n) is 4.92. The molecule has 16 N–H and O–H groups in total. The Labute approximate surface area is 287 Å². The van der Waals surface area contributed by atoms with Gasteiger partial charge in [0.05, 0.1) is 26.1 Å². The van der Waals surface area contributed by atoms with E-state index in [0.717, 1.165) is 4.90 Å². The van der Waals surface area contributed by atoms with Crippen LogP contribution in [0.25, 0.3) is 0 Å². The van der Waals surface area contributed by atoms with Crippen molar-refractivity contribution in [2.24, 2.45) is 27.9 Å². The van der Waals surface area contributed by atoms with Crippen LogP contribution in [0.4, 0.5) is 0 Å². The van der Waals surface area contributed by atoms with Crippen LogP contribution in [0, 0.1) is 0 Å². The summed E-state index contributed by atoms with van der Waals surface area (Å²) >= 11 is 0. The van der Waals surface area contributed by atoms with Crippen LogP contribution in [0.1, 0.15) is 51.4 Å². The highest BCUT2D eigenvalue weighted by molar-refractivity contribution is 5.97. The Kier molecular flexibility index (Phi) is 19.3. The lowest BCUT2D eigenvalue weighted by Gasteiger charge is -2.29. The molecule has 282 valence electrons. The predicted molar refractivity (Wildman–Crippen MR) is 174 cm³/mol. The number of aliphatic imine (C=N–C) groups is 1. The first-order valence-corrected chi connectivity index (χ1v) is 15.9. The standard InChI is InChI=1S/C28H49N11O11/c29-8-2-1-5-16(27(49)50)37-25(47)19-7-4-10-39(19)26(48)18(14-40)38-24(46)17(11-22(43)44)36-21(42)13-34-23(45)15(35-20(41)12-30)6-3-9-33-28(31)32/h15-19,40H,1-14,29-30H2,(H,34,45)(H,35,41)(H,36,42)(H,37,47)(H,38,46)(H,43,44)(H,49,50)(H4,31,32,33)/t15-,16+,17+,18+,19-/m0/s1. The molecule has 6 amide bonds. The molecule has 0 spiro atoms. The van der Waals surface area contributed by atoms with Gasteiger partial charge in [0.15, 0.2) is 5.96 Å². The molecule has 1 heterocycles. The molecule has 1 fully saturated rings. The van der Waals surface area contributed by atoms with Crippen molar-refractivity contribution in [1.82, 2.24) is 31.5 Å². The van der Waals surface area contributed by atoms with Gasteiger partial charge >= 0.3 is 11.9 Å². The summed E-state index contributed by atoms with van der Waals surface area (Å²) in [5.74, 6) is -8.23. The molecule has 1 rings (SSSR count). The first-order valence-electron chi connectivity index (χ1n) is 15.9. The van der Waals surface area contributed by atoms with Crippen molar-refractivity contribution in [3.8, 4) is 0 Å². The van der Waals surface area contributed by atoms with Crippen LogP contribution in [0.15, 0.2) is 4.99 Å². The largest absolute Gasteiger partial charge is 0.481 e. The number of hydrogen-bond acceptors (Lipinski definition) is 12. The van der Waals surface area contributed by atoms with Crippen LogP contribution in [0.5, 0.6) is 0 Å². The average molecular weight is 716 g/mol. The Morgan fingerprint density at radius 2 is 1.46 bits per heavy atom. The molecule has 0 aromatic carbocycles. The summed E-state index contributed by atoms with van der Waals surface area (Å²) < 4.78 is 0. The normalized spacial score (nSPS) is 16.1. The molecular formula is C28H49N11O11. The number of unbranched alkanes of at least 4 members (excludes halogenated alkanes) is 1. The summed E-state index contributed by atoms with van der Waals surface area (Å²) in [5, 5.41) is 40.2. The highest BCUT2D eigenvalue weighted by Crippen LogP contribution is 2.19. The lowest BCUT2D eigenvalue weighted by molar-refractivity contribution is -0.145. The molecule has 0 aromatic rings. The van der Waals surface area contributed by atoms with E-state index in [4.69, 9.17) is 22.9 Å². The molecule has 0 aromatic heterocycles. The van der Waals surface area contributed by atoms with Gasteiger partial charge in [0, 0.05) is 13.1 Å². The zero-order valence-corrected chi connectivity index (χ0v) is 27.6. The highest BCUT2D eigenvalue weighted by Gasteiger charge is 2.39. The number of amides is 6. The summed E-state index contributed by atoms with van der Waals surface area (Å²) in [7, 11) is 0. The maximum Gasteiger partial charge on any atom is 0.326 e. The van der Waals surface area contributed by atoms with Gasteiger partial charge in [-0.25, -0.2) is 4.79 Å². The number of nitrogens with zero attached hydrogens (tertiary/aromatic N) is 2. The second-order valence-electron chi connectivity index (χ2n) is 11.3. The average Bonchev–Trinajstić information content (AvgIpc) is 3.56. The number of hydrogen-bond donors (Lipinski definition) is 12. The number of nitrogens with two attached hydrogens (primary N) is 4. The molecule has 50 heavy (non-hydrogen) atoms. The minimum atomic E-state index is -1.77. The van der Waals surface area contributed by atoms with Crippen LogP contribution >= 0.6 is 0 Å². The summed E-state index contributed by atoms with van der Waals surface area (Å²) in [6, 6.07) is -6.89. The summed E-state index contributed by atoms with van der Waals surface area (Å²) in [6.07, 6.45) is 1.00. The highest BCUT2D eigenvalue weighted by atomic mass is 16.4. The number of aliphatic carboxylic acids is 2. The van der Waals surface area contributed by atoms with E-state index in [2.05, 4.69) is 31.6 Å². The summed E-state index contributed by atoms with van der Waals surface area (Å²) in [6.45, 7) is -1.61. The Balaban J connectivity index is 2.91. The van der Waals surface area contributed by atoms with Gasteiger partial charge in [-0.05, 0) is 51.5 Å². The van der Waals surface area contributed by atoms with E-state index in [9.17, 15) is 53.7 Å². The monoisotopic (exact) mass is 715 g/mol. The fourth-order valence-corrected chi connectivity index (χ4v) is 4.92. The topological polar surface area (TPSA) is 377 Å². The number of aliphatic hydroxyl groups is 1. The second-order valence-corrected chi connectivity index (χ2v) is 11.3. The van der Waals surface area contributed by atoms with Crippen LogP contribution < -0.4 is 49.5 Å². The van der Waals surface area contributed by atoms with Crippen molar-refractivity contribution in [3.05, 3.63) is 0 Å². The minimum Gasteiger partial charge on any atom is -0.481 e. The van der Waals surface area contributed by atoms with Gasteiger partial charge in [-0.1, -0.05) is 0 Å². The zero-order chi connectivity index (χ0) is 37.8. The first kappa shape index (κ1) is 42.9. The number of carbonyl (C=O) groups is 8. The van der Waals surface area contributed by atoms with E-state index < -0.39 is 104 Å². The third-order valence-electron chi connectivity index (χ3n) is 7.43. The molecular weight excluding hydrogens is 666 g/mol.